The Kier molecular flexibility index (Phi) is 3.74. The molecule has 23 heavy (non-hydrogen) atoms. The predicted molar refractivity (Wildman–Crippen MR) is 90.6 cm³/mol. The fraction of sp³-hybridized carbons (Fsp3) is 0.368. The molecule has 1 fully saturated rings. The van der Waals surface area contributed by atoms with Gasteiger partial charge in [0, 0.05) is 44.3 Å². The molecule has 4 rings (SSSR count). The highest BCUT2D eigenvalue weighted by molar-refractivity contribution is 5.94. The summed E-state index contributed by atoms with van der Waals surface area (Å²) in [5.74, 6) is 0.0763. The highest BCUT2D eigenvalue weighted by Gasteiger charge is 2.23. The fourth-order valence-corrected chi connectivity index (χ4v) is 3.56. The van der Waals surface area contributed by atoms with Crippen LogP contribution in [-0.2, 0) is 13.0 Å². The number of anilines is 1. The Morgan fingerprint density at radius 3 is 2.70 bits per heavy atom. The smallest absolute Gasteiger partial charge is 0.255 e. The molecule has 0 radical (unpaired) electrons. The summed E-state index contributed by atoms with van der Waals surface area (Å²) in [5, 5.41) is 0. The van der Waals surface area contributed by atoms with Crippen LogP contribution in [0.25, 0.3) is 0 Å². The quantitative estimate of drug-likeness (QED) is 0.856. The van der Waals surface area contributed by atoms with E-state index < -0.39 is 0 Å². The number of benzene rings is 1. The lowest BCUT2D eigenvalue weighted by atomic mass is 9.98. The molecule has 0 saturated carbocycles. The van der Waals surface area contributed by atoms with Crippen LogP contribution in [0.4, 0.5) is 5.69 Å². The van der Waals surface area contributed by atoms with Crippen LogP contribution in [0.3, 0.4) is 0 Å². The van der Waals surface area contributed by atoms with Gasteiger partial charge in [-0.25, -0.2) is 0 Å². The van der Waals surface area contributed by atoms with Gasteiger partial charge < -0.3 is 9.80 Å². The molecular formula is C19H21N3O. The lowest BCUT2D eigenvalue weighted by Crippen LogP contribution is -2.36. The Hall–Kier alpha value is -2.36. The van der Waals surface area contributed by atoms with Crippen molar-refractivity contribution >= 4 is 11.6 Å². The summed E-state index contributed by atoms with van der Waals surface area (Å²) < 4.78 is 0. The van der Waals surface area contributed by atoms with Crippen molar-refractivity contribution in [2.75, 3.05) is 24.5 Å². The molecule has 0 spiro atoms. The normalized spacial score (nSPS) is 17.2. The lowest BCUT2D eigenvalue weighted by Gasteiger charge is -2.30. The molecule has 1 saturated heterocycles. The summed E-state index contributed by atoms with van der Waals surface area (Å²) in [6.45, 7) is 3.82. The minimum atomic E-state index is 0.0763. The molecule has 2 aliphatic rings. The van der Waals surface area contributed by atoms with Crippen molar-refractivity contribution in [3.05, 3.63) is 59.4 Å². The van der Waals surface area contributed by atoms with Gasteiger partial charge in [-0.15, -0.1) is 0 Å². The first kappa shape index (κ1) is 14.2. The van der Waals surface area contributed by atoms with E-state index in [9.17, 15) is 4.79 Å². The monoisotopic (exact) mass is 307 g/mol. The second-order valence-electron chi connectivity index (χ2n) is 6.37. The average molecular weight is 307 g/mol. The maximum absolute atomic E-state index is 12.6. The van der Waals surface area contributed by atoms with Crippen molar-refractivity contribution < 1.29 is 4.79 Å². The molecule has 4 nitrogen and oxygen atoms in total. The molecule has 3 heterocycles. The molecular weight excluding hydrogens is 286 g/mol. The van der Waals surface area contributed by atoms with E-state index in [1.165, 1.54) is 42.7 Å². The number of carbonyl (C=O) groups excluding carboxylic acids is 1. The van der Waals surface area contributed by atoms with Crippen LogP contribution in [-0.4, -0.2) is 35.4 Å². The number of pyridine rings is 1. The third-order valence-corrected chi connectivity index (χ3v) is 4.87. The topological polar surface area (TPSA) is 36.4 Å². The highest BCUT2D eigenvalue weighted by Crippen LogP contribution is 2.27. The Balaban J connectivity index is 1.52. The Morgan fingerprint density at radius 2 is 1.91 bits per heavy atom. The number of nitrogens with zero attached hydrogens (tertiary/aromatic N) is 3. The van der Waals surface area contributed by atoms with E-state index in [2.05, 4.69) is 28.1 Å². The largest absolute Gasteiger partial charge is 0.372 e. The van der Waals surface area contributed by atoms with E-state index in [4.69, 9.17) is 0 Å². The third kappa shape index (κ3) is 2.81. The van der Waals surface area contributed by atoms with Crippen molar-refractivity contribution in [2.45, 2.75) is 25.8 Å². The molecule has 0 unspecified atom stereocenters. The number of fused-ring (bicyclic) bond motifs is 1. The average Bonchev–Trinajstić information content (AvgIpc) is 3.15. The maximum Gasteiger partial charge on any atom is 0.255 e. The van der Waals surface area contributed by atoms with Crippen LogP contribution in [0.1, 0.15) is 34.3 Å². The van der Waals surface area contributed by atoms with Crippen molar-refractivity contribution in [3.63, 3.8) is 0 Å². The van der Waals surface area contributed by atoms with Gasteiger partial charge in [0.25, 0.3) is 5.91 Å². The molecule has 1 aromatic carbocycles. The molecule has 118 valence electrons. The number of amides is 1. The predicted octanol–water partition coefficient (Wildman–Crippen LogP) is 2.88. The van der Waals surface area contributed by atoms with Gasteiger partial charge in [-0.1, -0.05) is 6.07 Å². The standard InChI is InChI=1S/C19H21N3O/c23-19(16-4-3-8-20-13-16)22-11-7-15-12-18(6-5-17(15)14-22)21-9-1-2-10-21/h3-6,8,12-13H,1-2,7,9-11,14H2. The first-order valence-corrected chi connectivity index (χ1v) is 8.37. The zero-order chi connectivity index (χ0) is 15.6. The third-order valence-electron chi connectivity index (χ3n) is 4.87. The van der Waals surface area contributed by atoms with Crippen molar-refractivity contribution in [1.82, 2.24) is 9.88 Å². The second kappa shape index (κ2) is 6.03. The summed E-state index contributed by atoms with van der Waals surface area (Å²) in [4.78, 5) is 21.0. The van der Waals surface area contributed by atoms with Gasteiger partial charge in [-0.05, 0) is 54.7 Å². The van der Waals surface area contributed by atoms with Crippen molar-refractivity contribution in [2.24, 2.45) is 0 Å². The van der Waals surface area contributed by atoms with E-state index in [0.29, 0.717) is 12.1 Å². The first-order valence-electron chi connectivity index (χ1n) is 8.37. The molecule has 0 aliphatic carbocycles. The summed E-state index contributed by atoms with van der Waals surface area (Å²) in [7, 11) is 0. The Morgan fingerprint density at radius 1 is 1.04 bits per heavy atom. The van der Waals surface area contributed by atoms with Gasteiger partial charge in [-0.3, -0.25) is 9.78 Å². The van der Waals surface area contributed by atoms with Crippen LogP contribution >= 0.6 is 0 Å². The minimum absolute atomic E-state index is 0.0763. The van der Waals surface area contributed by atoms with Crippen LogP contribution in [0.2, 0.25) is 0 Å². The summed E-state index contributed by atoms with van der Waals surface area (Å²) in [6.07, 6.45) is 6.87. The molecule has 2 aromatic rings. The molecule has 2 aliphatic heterocycles. The maximum atomic E-state index is 12.6. The van der Waals surface area contributed by atoms with Crippen LogP contribution in [0.15, 0.2) is 42.7 Å². The van der Waals surface area contributed by atoms with Gasteiger partial charge in [0.15, 0.2) is 0 Å². The number of carbonyl (C=O) groups is 1. The number of hydrogen-bond acceptors (Lipinski definition) is 3. The van der Waals surface area contributed by atoms with Crippen LogP contribution < -0.4 is 4.90 Å². The summed E-state index contributed by atoms with van der Waals surface area (Å²) in [5.41, 5.74) is 4.68. The molecule has 0 N–H and O–H groups in total. The van der Waals surface area contributed by atoms with Gasteiger partial charge in [0.05, 0.1) is 5.56 Å². The molecule has 4 heteroatoms. The number of hydrogen-bond donors (Lipinski definition) is 0. The fourth-order valence-electron chi connectivity index (χ4n) is 3.56. The summed E-state index contributed by atoms with van der Waals surface area (Å²) in [6, 6.07) is 10.4. The number of rotatable bonds is 2. The van der Waals surface area contributed by atoms with Crippen molar-refractivity contribution in [3.8, 4) is 0 Å². The molecule has 0 bridgehead atoms. The molecule has 0 atom stereocenters. The van der Waals surface area contributed by atoms with E-state index >= 15 is 0 Å². The lowest BCUT2D eigenvalue weighted by molar-refractivity contribution is 0.0734. The Bertz CT molecular complexity index is 708. The van der Waals surface area contributed by atoms with Gasteiger partial charge in [0.2, 0.25) is 0 Å². The van der Waals surface area contributed by atoms with Gasteiger partial charge >= 0.3 is 0 Å². The zero-order valence-corrected chi connectivity index (χ0v) is 13.2. The summed E-state index contributed by atoms with van der Waals surface area (Å²) >= 11 is 0. The molecule has 1 aromatic heterocycles. The van der Waals surface area contributed by atoms with E-state index in [1.54, 1.807) is 12.4 Å². The van der Waals surface area contributed by atoms with E-state index in [1.807, 2.05) is 17.0 Å². The van der Waals surface area contributed by atoms with E-state index in [-0.39, 0.29) is 5.91 Å². The zero-order valence-electron chi connectivity index (χ0n) is 13.2. The van der Waals surface area contributed by atoms with Crippen LogP contribution in [0.5, 0.6) is 0 Å². The van der Waals surface area contributed by atoms with E-state index in [0.717, 1.165) is 13.0 Å². The minimum Gasteiger partial charge on any atom is -0.372 e. The van der Waals surface area contributed by atoms with Gasteiger partial charge in [-0.2, -0.15) is 0 Å². The SMILES string of the molecule is O=C(c1cccnc1)N1CCc2cc(N3CCCC3)ccc2C1. The molecule has 1 amide bonds. The first-order chi connectivity index (χ1) is 11.3. The second-order valence-corrected chi connectivity index (χ2v) is 6.37. The number of aromatic nitrogens is 1. The van der Waals surface area contributed by atoms with Crippen LogP contribution in [0, 0.1) is 0 Å². The van der Waals surface area contributed by atoms with Crippen molar-refractivity contribution in [1.29, 1.82) is 0 Å². The highest BCUT2D eigenvalue weighted by atomic mass is 16.2. The Labute approximate surface area is 136 Å². The van der Waals surface area contributed by atoms with Gasteiger partial charge in [0.1, 0.15) is 0 Å².